The number of likely N-dealkylation sites (N-methyl/N-ethyl adjacent to an activating group) is 1. The molecule has 4 nitrogen and oxygen atoms in total. The van der Waals surface area contributed by atoms with Crippen LogP contribution in [0.1, 0.15) is 53.4 Å². The van der Waals surface area contributed by atoms with Crippen LogP contribution in [-0.2, 0) is 9.59 Å². The SMILES string of the molecule is CC(C(=O)NC(C)(C)C)N(C)C1CCC(=O)CC1. The van der Waals surface area contributed by atoms with E-state index in [2.05, 4.69) is 10.2 Å². The molecular weight excluding hydrogens is 228 g/mol. The van der Waals surface area contributed by atoms with Crippen LogP contribution in [0.2, 0.25) is 0 Å². The number of ketones is 1. The van der Waals surface area contributed by atoms with Crippen molar-refractivity contribution in [3.8, 4) is 0 Å². The van der Waals surface area contributed by atoms with E-state index in [-0.39, 0.29) is 17.5 Å². The molecule has 1 N–H and O–H groups in total. The van der Waals surface area contributed by atoms with E-state index in [1.807, 2.05) is 34.7 Å². The zero-order valence-electron chi connectivity index (χ0n) is 12.2. The highest BCUT2D eigenvalue weighted by molar-refractivity contribution is 5.82. The standard InChI is InChI=1S/C14H26N2O2/c1-10(13(18)15-14(2,3)4)16(5)11-6-8-12(17)9-7-11/h10-11H,6-9H2,1-5H3,(H,15,18). The molecule has 1 aliphatic rings. The number of amides is 1. The summed E-state index contributed by atoms with van der Waals surface area (Å²) in [5.74, 6) is 0.411. The second-order valence-corrected chi connectivity index (χ2v) is 6.35. The lowest BCUT2D eigenvalue weighted by molar-refractivity contribution is -0.128. The van der Waals surface area contributed by atoms with Gasteiger partial charge in [-0.2, -0.15) is 0 Å². The Bertz CT molecular complexity index is 310. The van der Waals surface area contributed by atoms with Crippen molar-refractivity contribution in [2.24, 2.45) is 0 Å². The molecule has 1 aliphatic carbocycles. The van der Waals surface area contributed by atoms with Crippen molar-refractivity contribution in [2.75, 3.05) is 7.05 Å². The summed E-state index contributed by atoms with van der Waals surface area (Å²) in [5.41, 5.74) is -0.200. The molecule has 0 aromatic carbocycles. The fourth-order valence-corrected chi connectivity index (χ4v) is 2.31. The van der Waals surface area contributed by atoms with Gasteiger partial charge in [0.25, 0.3) is 0 Å². The molecule has 1 unspecified atom stereocenters. The number of nitrogens with zero attached hydrogens (tertiary/aromatic N) is 1. The fourth-order valence-electron chi connectivity index (χ4n) is 2.31. The number of hydrogen-bond acceptors (Lipinski definition) is 3. The Morgan fingerprint density at radius 3 is 2.28 bits per heavy atom. The Kier molecular flexibility index (Phi) is 4.91. The minimum Gasteiger partial charge on any atom is -0.350 e. The number of carbonyl (C=O) groups is 2. The van der Waals surface area contributed by atoms with Gasteiger partial charge in [0, 0.05) is 24.4 Å². The zero-order chi connectivity index (χ0) is 13.9. The Morgan fingerprint density at radius 2 is 1.83 bits per heavy atom. The molecule has 0 aliphatic heterocycles. The molecule has 0 heterocycles. The van der Waals surface area contributed by atoms with Crippen molar-refractivity contribution >= 4 is 11.7 Å². The topological polar surface area (TPSA) is 49.4 Å². The van der Waals surface area contributed by atoms with Gasteiger partial charge in [-0.15, -0.1) is 0 Å². The molecule has 0 aromatic heterocycles. The van der Waals surface area contributed by atoms with E-state index in [4.69, 9.17) is 0 Å². The lowest BCUT2D eigenvalue weighted by atomic mass is 9.92. The normalized spacial score (nSPS) is 20.0. The third-order valence-corrected chi connectivity index (χ3v) is 3.58. The van der Waals surface area contributed by atoms with E-state index in [9.17, 15) is 9.59 Å². The maximum atomic E-state index is 12.1. The first-order chi connectivity index (χ1) is 8.20. The van der Waals surface area contributed by atoms with Crippen LogP contribution in [0.15, 0.2) is 0 Å². The molecule has 0 spiro atoms. The van der Waals surface area contributed by atoms with Gasteiger partial charge in [0.1, 0.15) is 5.78 Å². The molecular formula is C14H26N2O2. The Labute approximate surface area is 110 Å². The maximum absolute atomic E-state index is 12.1. The number of nitrogens with one attached hydrogen (secondary N) is 1. The molecule has 0 saturated heterocycles. The largest absolute Gasteiger partial charge is 0.350 e. The van der Waals surface area contributed by atoms with Crippen LogP contribution in [0, 0.1) is 0 Å². The monoisotopic (exact) mass is 254 g/mol. The first-order valence-corrected chi connectivity index (χ1v) is 6.76. The van der Waals surface area contributed by atoms with Gasteiger partial charge in [-0.25, -0.2) is 0 Å². The van der Waals surface area contributed by atoms with E-state index in [1.54, 1.807) is 0 Å². The minimum absolute atomic E-state index is 0.0573. The average Bonchev–Trinajstić information content (AvgIpc) is 2.26. The summed E-state index contributed by atoms with van der Waals surface area (Å²) in [6, 6.07) is 0.200. The summed E-state index contributed by atoms with van der Waals surface area (Å²) in [6.45, 7) is 7.88. The zero-order valence-corrected chi connectivity index (χ0v) is 12.2. The predicted molar refractivity (Wildman–Crippen MR) is 72.4 cm³/mol. The minimum atomic E-state index is -0.200. The molecule has 0 radical (unpaired) electrons. The van der Waals surface area contributed by atoms with Crippen LogP contribution in [0.25, 0.3) is 0 Å². The average molecular weight is 254 g/mol. The molecule has 0 aromatic rings. The lowest BCUT2D eigenvalue weighted by Gasteiger charge is -2.35. The van der Waals surface area contributed by atoms with Crippen LogP contribution in [0.3, 0.4) is 0 Å². The van der Waals surface area contributed by atoms with Crippen LogP contribution in [-0.4, -0.2) is 41.3 Å². The van der Waals surface area contributed by atoms with Crippen LogP contribution in [0.5, 0.6) is 0 Å². The summed E-state index contributed by atoms with van der Waals surface area (Å²) in [5, 5.41) is 3.00. The number of carbonyl (C=O) groups excluding carboxylic acids is 2. The number of hydrogen-bond donors (Lipinski definition) is 1. The quantitative estimate of drug-likeness (QED) is 0.834. The highest BCUT2D eigenvalue weighted by Gasteiger charge is 2.29. The van der Waals surface area contributed by atoms with E-state index in [0.717, 1.165) is 12.8 Å². The van der Waals surface area contributed by atoms with E-state index in [1.165, 1.54) is 0 Å². The van der Waals surface area contributed by atoms with Gasteiger partial charge in [-0.3, -0.25) is 14.5 Å². The van der Waals surface area contributed by atoms with Crippen LogP contribution < -0.4 is 5.32 Å². The van der Waals surface area contributed by atoms with Crippen molar-refractivity contribution in [2.45, 2.75) is 71.0 Å². The van der Waals surface area contributed by atoms with Crippen molar-refractivity contribution in [1.29, 1.82) is 0 Å². The summed E-state index contributed by atoms with van der Waals surface area (Å²) in [4.78, 5) is 25.4. The molecule has 1 rings (SSSR count). The first-order valence-electron chi connectivity index (χ1n) is 6.76. The van der Waals surface area contributed by atoms with Crippen molar-refractivity contribution < 1.29 is 9.59 Å². The molecule has 0 bridgehead atoms. The van der Waals surface area contributed by atoms with Gasteiger partial charge < -0.3 is 5.32 Å². The van der Waals surface area contributed by atoms with Crippen molar-refractivity contribution in [1.82, 2.24) is 10.2 Å². The van der Waals surface area contributed by atoms with Gasteiger partial charge in [-0.05, 0) is 47.6 Å². The van der Waals surface area contributed by atoms with E-state index >= 15 is 0 Å². The summed E-state index contributed by atoms with van der Waals surface area (Å²) >= 11 is 0. The Morgan fingerprint density at radius 1 is 1.33 bits per heavy atom. The molecule has 104 valence electrons. The van der Waals surface area contributed by atoms with Gasteiger partial charge in [0.05, 0.1) is 6.04 Å². The Hall–Kier alpha value is -0.900. The highest BCUT2D eigenvalue weighted by atomic mass is 16.2. The molecule has 1 atom stereocenters. The third kappa shape index (κ3) is 4.41. The maximum Gasteiger partial charge on any atom is 0.237 e. The van der Waals surface area contributed by atoms with E-state index < -0.39 is 0 Å². The molecule has 1 fully saturated rings. The van der Waals surface area contributed by atoms with Crippen LogP contribution >= 0.6 is 0 Å². The first kappa shape index (κ1) is 15.2. The van der Waals surface area contributed by atoms with E-state index in [0.29, 0.717) is 24.7 Å². The Balaban J connectivity index is 2.52. The second-order valence-electron chi connectivity index (χ2n) is 6.35. The smallest absolute Gasteiger partial charge is 0.237 e. The van der Waals surface area contributed by atoms with Crippen molar-refractivity contribution in [3.63, 3.8) is 0 Å². The fraction of sp³-hybridized carbons (Fsp3) is 0.857. The van der Waals surface area contributed by atoms with Gasteiger partial charge in [-0.1, -0.05) is 0 Å². The highest BCUT2D eigenvalue weighted by Crippen LogP contribution is 2.21. The molecule has 1 amide bonds. The third-order valence-electron chi connectivity index (χ3n) is 3.58. The molecule has 4 heteroatoms. The predicted octanol–water partition coefficient (Wildman–Crippen LogP) is 1.73. The van der Waals surface area contributed by atoms with Gasteiger partial charge in [0.2, 0.25) is 5.91 Å². The van der Waals surface area contributed by atoms with Gasteiger partial charge in [0.15, 0.2) is 0 Å². The summed E-state index contributed by atoms with van der Waals surface area (Å²) in [7, 11) is 1.98. The summed E-state index contributed by atoms with van der Waals surface area (Å²) < 4.78 is 0. The van der Waals surface area contributed by atoms with Crippen LogP contribution in [0.4, 0.5) is 0 Å². The van der Waals surface area contributed by atoms with Gasteiger partial charge >= 0.3 is 0 Å². The second kappa shape index (κ2) is 5.83. The van der Waals surface area contributed by atoms with Crippen molar-refractivity contribution in [3.05, 3.63) is 0 Å². The molecule has 18 heavy (non-hydrogen) atoms. The number of Topliss-reactive ketones (excluding diaryl/α,β-unsaturated/α-hetero) is 1. The molecule has 1 saturated carbocycles. The number of rotatable bonds is 3. The summed E-state index contributed by atoms with van der Waals surface area (Å²) in [6.07, 6.45) is 3.07. The lowest BCUT2D eigenvalue weighted by Crippen LogP contribution is -2.52.